The monoisotopic (exact) mass is 441 g/mol. The Bertz CT molecular complexity index is 1110. The summed E-state index contributed by atoms with van der Waals surface area (Å²) in [6.45, 7) is -3.26. The minimum Gasteiger partial charge on any atom is -0.433 e. The van der Waals surface area contributed by atoms with Gasteiger partial charge in [-0.25, -0.2) is 14.1 Å². The number of carbonyl (C=O) groups excluding carboxylic acids is 2. The Kier molecular flexibility index (Phi) is 6.11. The first-order valence-corrected chi connectivity index (χ1v) is 8.38. The van der Waals surface area contributed by atoms with Crippen molar-refractivity contribution < 1.29 is 27.5 Å². The number of rotatable bonds is 6. The average Bonchev–Trinajstić information content (AvgIpc) is 3.09. The molecule has 0 unspecified atom stereocenters. The zero-order valence-corrected chi connectivity index (χ0v) is 15.7. The van der Waals surface area contributed by atoms with Crippen LogP contribution in [0.5, 0.6) is 5.75 Å². The molecule has 0 aliphatic heterocycles. The minimum absolute atomic E-state index is 0.0230. The number of ether oxygens (including phenoxy) is 1. The SMILES string of the molecule is Cn1nnnc1NC(=O)c1ccc(OC(F)F)c(NC(=O)c2ncccc2F)c1Cl. The highest BCUT2D eigenvalue weighted by molar-refractivity contribution is 6.38. The molecular formula is C16H11ClF3N7O3. The van der Waals surface area contributed by atoms with Gasteiger partial charge < -0.3 is 10.1 Å². The van der Waals surface area contributed by atoms with Crippen molar-refractivity contribution in [3.05, 3.63) is 52.6 Å². The molecule has 30 heavy (non-hydrogen) atoms. The molecule has 0 aliphatic carbocycles. The third-order valence-electron chi connectivity index (χ3n) is 3.62. The number of nitrogens with zero attached hydrogens (tertiary/aromatic N) is 5. The van der Waals surface area contributed by atoms with Gasteiger partial charge in [-0.3, -0.25) is 14.9 Å². The molecule has 0 radical (unpaired) electrons. The lowest BCUT2D eigenvalue weighted by atomic mass is 10.1. The summed E-state index contributed by atoms with van der Waals surface area (Å²) >= 11 is 6.17. The summed E-state index contributed by atoms with van der Waals surface area (Å²) in [6, 6.07) is 4.33. The van der Waals surface area contributed by atoms with Crippen LogP contribution in [-0.2, 0) is 7.05 Å². The number of hydrogen-bond donors (Lipinski definition) is 2. The molecule has 156 valence electrons. The molecule has 2 heterocycles. The number of amides is 2. The Labute approximate surface area is 171 Å². The maximum absolute atomic E-state index is 13.8. The molecule has 3 aromatic rings. The number of benzene rings is 1. The summed E-state index contributed by atoms with van der Waals surface area (Å²) in [7, 11) is 1.46. The van der Waals surface area contributed by atoms with Gasteiger partial charge in [0.05, 0.1) is 10.6 Å². The van der Waals surface area contributed by atoms with Crippen molar-refractivity contribution >= 4 is 35.1 Å². The predicted octanol–water partition coefficient (Wildman–Crippen LogP) is 2.50. The molecule has 0 bridgehead atoms. The van der Waals surface area contributed by atoms with Crippen molar-refractivity contribution in [1.29, 1.82) is 0 Å². The van der Waals surface area contributed by atoms with Crippen LogP contribution in [0.4, 0.5) is 24.8 Å². The number of nitrogens with one attached hydrogen (secondary N) is 2. The standard InChI is InChI=1S/C16H11ClF3N7O3/c1-27-16(24-25-26-27)23-13(28)7-4-5-9(30-15(19)20)12(10(7)17)22-14(29)11-8(18)3-2-6-21-11/h2-6,15H,1H3,(H,22,29)(H,23,24,26,28). The number of aromatic nitrogens is 5. The first-order valence-electron chi connectivity index (χ1n) is 8.00. The number of carbonyl (C=O) groups is 2. The number of aryl methyl sites for hydroxylation is 1. The van der Waals surface area contributed by atoms with E-state index in [1.54, 1.807) is 0 Å². The van der Waals surface area contributed by atoms with E-state index in [2.05, 4.69) is 35.9 Å². The molecule has 0 spiro atoms. The lowest BCUT2D eigenvalue weighted by molar-refractivity contribution is -0.0493. The van der Waals surface area contributed by atoms with Crippen LogP contribution in [0.2, 0.25) is 5.02 Å². The number of alkyl halides is 2. The summed E-state index contributed by atoms with van der Waals surface area (Å²) in [6.07, 6.45) is 1.16. The largest absolute Gasteiger partial charge is 0.433 e. The Morgan fingerprint density at radius 2 is 1.97 bits per heavy atom. The quantitative estimate of drug-likeness (QED) is 0.602. The summed E-state index contributed by atoms with van der Waals surface area (Å²) in [5.41, 5.74) is -1.31. The van der Waals surface area contributed by atoms with E-state index in [1.807, 2.05) is 0 Å². The molecule has 0 fully saturated rings. The molecule has 2 aromatic heterocycles. The summed E-state index contributed by atoms with van der Waals surface area (Å²) in [4.78, 5) is 28.5. The number of hydrogen-bond acceptors (Lipinski definition) is 7. The van der Waals surface area contributed by atoms with E-state index in [1.165, 1.54) is 13.1 Å². The fraction of sp³-hybridized carbons (Fsp3) is 0.125. The van der Waals surface area contributed by atoms with E-state index in [0.717, 1.165) is 29.1 Å². The Morgan fingerprint density at radius 3 is 2.60 bits per heavy atom. The van der Waals surface area contributed by atoms with Crippen LogP contribution in [0, 0.1) is 5.82 Å². The Hall–Kier alpha value is -3.74. The van der Waals surface area contributed by atoms with E-state index >= 15 is 0 Å². The highest BCUT2D eigenvalue weighted by Crippen LogP contribution is 2.37. The zero-order valence-electron chi connectivity index (χ0n) is 14.9. The van der Waals surface area contributed by atoms with Crippen molar-refractivity contribution in [1.82, 2.24) is 25.2 Å². The van der Waals surface area contributed by atoms with Gasteiger partial charge in [-0.2, -0.15) is 8.78 Å². The van der Waals surface area contributed by atoms with Gasteiger partial charge in [-0.15, -0.1) is 0 Å². The second-order valence-electron chi connectivity index (χ2n) is 5.55. The van der Waals surface area contributed by atoms with Crippen LogP contribution >= 0.6 is 11.6 Å². The number of tetrazole rings is 1. The van der Waals surface area contributed by atoms with E-state index in [-0.39, 0.29) is 11.5 Å². The summed E-state index contributed by atoms with van der Waals surface area (Å²) < 4.78 is 44.8. The van der Waals surface area contributed by atoms with Crippen molar-refractivity contribution in [3.8, 4) is 5.75 Å². The molecule has 0 saturated heterocycles. The second kappa shape index (κ2) is 8.73. The lowest BCUT2D eigenvalue weighted by Gasteiger charge is -2.16. The van der Waals surface area contributed by atoms with Gasteiger partial charge in [0.1, 0.15) is 5.69 Å². The lowest BCUT2D eigenvalue weighted by Crippen LogP contribution is -2.20. The molecule has 0 aliphatic rings. The van der Waals surface area contributed by atoms with Gasteiger partial charge in [-0.1, -0.05) is 16.7 Å². The normalized spacial score (nSPS) is 10.7. The van der Waals surface area contributed by atoms with Gasteiger partial charge >= 0.3 is 6.61 Å². The van der Waals surface area contributed by atoms with Crippen LogP contribution in [0.25, 0.3) is 0 Å². The Balaban J connectivity index is 1.97. The topological polar surface area (TPSA) is 124 Å². The minimum atomic E-state index is -3.26. The van der Waals surface area contributed by atoms with Crippen molar-refractivity contribution in [2.75, 3.05) is 10.6 Å². The molecule has 1 aromatic carbocycles. The van der Waals surface area contributed by atoms with Crippen LogP contribution in [0.15, 0.2) is 30.5 Å². The third kappa shape index (κ3) is 4.46. The van der Waals surface area contributed by atoms with Crippen LogP contribution < -0.4 is 15.4 Å². The van der Waals surface area contributed by atoms with E-state index in [4.69, 9.17) is 11.6 Å². The van der Waals surface area contributed by atoms with E-state index in [9.17, 15) is 22.8 Å². The zero-order chi connectivity index (χ0) is 21.8. The van der Waals surface area contributed by atoms with Gasteiger partial charge in [0.2, 0.25) is 5.95 Å². The van der Waals surface area contributed by atoms with Crippen molar-refractivity contribution in [3.63, 3.8) is 0 Å². The molecule has 3 rings (SSSR count). The fourth-order valence-electron chi connectivity index (χ4n) is 2.27. The van der Waals surface area contributed by atoms with E-state index < -0.39 is 46.4 Å². The van der Waals surface area contributed by atoms with Gasteiger partial charge in [-0.05, 0) is 34.7 Å². The van der Waals surface area contributed by atoms with Crippen molar-refractivity contribution in [2.24, 2.45) is 7.05 Å². The molecule has 2 amide bonds. The second-order valence-corrected chi connectivity index (χ2v) is 5.92. The molecule has 0 saturated carbocycles. The molecule has 14 heteroatoms. The highest BCUT2D eigenvalue weighted by Gasteiger charge is 2.24. The smallest absolute Gasteiger partial charge is 0.387 e. The fourth-order valence-corrected chi connectivity index (χ4v) is 2.56. The first kappa shape index (κ1) is 21.0. The number of anilines is 2. The number of halogens is 4. The van der Waals surface area contributed by atoms with Crippen LogP contribution in [-0.4, -0.2) is 43.6 Å². The van der Waals surface area contributed by atoms with E-state index in [0.29, 0.717) is 0 Å². The van der Waals surface area contributed by atoms with Gasteiger partial charge in [0.15, 0.2) is 17.3 Å². The summed E-state index contributed by atoms with van der Waals surface area (Å²) in [5, 5.41) is 14.5. The summed E-state index contributed by atoms with van der Waals surface area (Å²) in [5.74, 6) is -3.42. The maximum Gasteiger partial charge on any atom is 0.387 e. The van der Waals surface area contributed by atoms with Crippen molar-refractivity contribution in [2.45, 2.75) is 6.61 Å². The van der Waals surface area contributed by atoms with Gasteiger partial charge in [0.25, 0.3) is 11.8 Å². The van der Waals surface area contributed by atoms with Crippen LogP contribution in [0.3, 0.4) is 0 Å². The molecule has 10 nitrogen and oxygen atoms in total. The molecule has 0 atom stereocenters. The number of pyridine rings is 1. The first-order chi connectivity index (χ1) is 14.3. The molecule has 2 N–H and O–H groups in total. The van der Waals surface area contributed by atoms with Gasteiger partial charge in [0, 0.05) is 13.2 Å². The Morgan fingerprint density at radius 1 is 1.20 bits per heavy atom. The molecular weight excluding hydrogens is 431 g/mol. The average molecular weight is 442 g/mol. The predicted molar refractivity (Wildman–Crippen MR) is 97.0 cm³/mol. The highest BCUT2D eigenvalue weighted by atomic mass is 35.5. The third-order valence-corrected chi connectivity index (χ3v) is 4.01. The van der Waals surface area contributed by atoms with Crippen LogP contribution in [0.1, 0.15) is 20.8 Å². The maximum atomic E-state index is 13.8.